The number of nitro benzene ring substituents is 2. The fourth-order valence-electron chi connectivity index (χ4n) is 3.10. The number of sulfonamides is 1. The van der Waals surface area contributed by atoms with E-state index in [2.05, 4.69) is 21.2 Å². The number of hydrogen-bond donors (Lipinski definition) is 1. The van der Waals surface area contributed by atoms with Crippen LogP contribution in [0.3, 0.4) is 0 Å². The zero-order valence-corrected chi connectivity index (χ0v) is 20.2. The predicted molar refractivity (Wildman–Crippen MR) is 118 cm³/mol. The normalized spacial score (nSPS) is 15.4. The van der Waals surface area contributed by atoms with E-state index in [0.717, 1.165) is 16.6 Å². The Balaban J connectivity index is 2.70. The molecule has 0 radical (unpaired) electrons. The summed E-state index contributed by atoms with van der Waals surface area (Å²) in [5, 5.41) is 26.4. The van der Waals surface area contributed by atoms with Crippen LogP contribution in [0.25, 0.3) is 0 Å². The van der Waals surface area contributed by atoms with Gasteiger partial charge in [-0.05, 0) is 0 Å². The van der Waals surface area contributed by atoms with Crippen molar-refractivity contribution >= 4 is 53.1 Å². The van der Waals surface area contributed by atoms with Crippen molar-refractivity contribution in [2.45, 2.75) is 4.90 Å². The lowest BCUT2D eigenvalue weighted by atomic mass is 10.2. The zero-order valence-electron chi connectivity index (χ0n) is 17.0. The van der Waals surface area contributed by atoms with Crippen molar-refractivity contribution in [2.24, 2.45) is 0 Å². The number of nitrogens with one attached hydrogen (secondary N) is 1. The van der Waals surface area contributed by atoms with Crippen LogP contribution in [0.5, 0.6) is 0 Å². The predicted octanol–water partition coefficient (Wildman–Crippen LogP) is 0.274. The zero-order chi connectivity index (χ0) is 24.1. The molecule has 180 valence electrons. The van der Waals surface area contributed by atoms with E-state index in [4.69, 9.17) is 4.18 Å². The van der Waals surface area contributed by atoms with Gasteiger partial charge in [0.05, 0.1) is 28.8 Å². The molecule has 17 heteroatoms. The van der Waals surface area contributed by atoms with E-state index >= 15 is 0 Å². The van der Waals surface area contributed by atoms with E-state index in [-0.39, 0.29) is 37.2 Å². The molecular weight excluding hydrogens is 538 g/mol. The van der Waals surface area contributed by atoms with Crippen molar-refractivity contribution in [3.05, 3.63) is 32.4 Å². The van der Waals surface area contributed by atoms with Gasteiger partial charge in [-0.1, -0.05) is 15.9 Å². The van der Waals surface area contributed by atoms with Crippen LogP contribution in [-0.4, -0.2) is 88.4 Å². The van der Waals surface area contributed by atoms with Gasteiger partial charge < -0.3 is 10.2 Å². The monoisotopic (exact) mass is 559 g/mol. The highest BCUT2D eigenvalue weighted by atomic mass is 79.9. The van der Waals surface area contributed by atoms with E-state index in [9.17, 15) is 37.1 Å². The van der Waals surface area contributed by atoms with Gasteiger partial charge in [-0.2, -0.15) is 12.7 Å². The molecule has 0 bridgehead atoms. The molecule has 0 amide bonds. The first-order chi connectivity index (χ1) is 14.9. The minimum absolute atomic E-state index is 0.0375. The Morgan fingerprint density at radius 1 is 1.12 bits per heavy atom. The minimum atomic E-state index is -4.35. The fraction of sp³-hybridized carbons (Fsp3) is 0.600. The molecule has 0 aromatic heterocycles. The van der Waals surface area contributed by atoms with Crippen molar-refractivity contribution in [1.82, 2.24) is 9.62 Å². The molecule has 1 aliphatic rings. The van der Waals surface area contributed by atoms with E-state index < -0.39 is 52.9 Å². The molecule has 1 aromatic rings. The Hall–Kier alpha value is -1.92. The van der Waals surface area contributed by atoms with Gasteiger partial charge >= 0.3 is 5.69 Å². The van der Waals surface area contributed by atoms with Gasteiger partial charge in [0.15, 0.2) is 0 Å². The smallest absolute Gasteiger partial charge is 0.300 e. The third-order valence-electron chi connectivity index (χ3n) is 4.47. The van der Waals surface area contributed by atoms with Gasteiger partial charge in [0, 0.05) is 50.7 Å². The van der Waals surface area contributed by atoms with Gasteiger partial charge in [0.1, 0.15) is 10.6 Å². The Morgan fingerprint density at radius 2 is 1.75 bits per heavy atom. The molecule has 1 saturated heterocycles. The number of anilines is 1. The Morgan fingerprint density at radius 3 is 2.25 bits per heavy atom. The van der Waals surface area contributed by atoms with E-state index in [0.29, 0.717) is 19.2 Å². The van der Waals surface area contributed by atoms with Crippen LogP contribution >= 0.6 is 15.9 Å². The standard InChI is InChI=1S/C15H22BrN5O9S2/c1-31(26,27)30-9-8-18(5-2-16)15-13(21(24)25)10-12(20(22)23)11-14(15)32(28,29)19-6-3-17-4-7-19/h10-11,17H,2-9H2,1H3. The van der Waals surface area contributed by atoms with Crippen LogP contribution in [0.15, 0.2) is 17.0 Å². The highest BCUT2D eigenvalue weighted by molar-refractivity contribution is 9.09. The van der Waals surface area contributed by atoms with Gasteiger partial charge in [0.25, 0.3) is 15.8 Å². The molecule has 14 nitrogen and oxygen atoms in total. The van der Waals surface area contributed by atoms with Crippen molar-refractivity contribution in [3.8, 4) is 0 Å². The Kier molecular flexibility index (Phi) is 8.89. The second-order valence-electron chi connectivity index (χ2n) is 6.68. The number of halogens is 1. The first-order valence-corrected chi connectivity index (χ1v) is 13.6. The highest BCUT2D eigenvalue weighted by Crippen LogP contribution is 2.40. The maximum atomic E-state index is 13.4. The number of piperazine rings is 1. The number of nitro groups is 2. The van der Waals surface area contributed by atoms with Crippen molar-refractivity contribution in [1.29, 1.82) is 0 Å². The van der Waals surface area contributed by atoms with Crippen molar-refractivity contribution < 1.29 is 30.9 Å². The summed E-state index contributed by atoms with van der Waals surface area (Å²) >= 11 is 3.18. The van der Waals surface area contributed by atoms with E-state index in [1.807, 2.05) is 0 Å². The number of benzene rings is 1. The second kappa shape index (κ2) is 10.8. The number of hydrogen-bond acceptors (Lipinski definition) is 11. The lowest BCUT2D eigenvalue weighted by molar-refractivity contribution is -0.394. The van der Waals surface area contributed by atoms with Gasteiger partial charge in [-0.25, -0.2) is 8.42 Å². The molecule has 0 saturated carbocycles. The first-order valence-electron chi connectivity index (χ1n) is 9.21. The number of alkyl halides is 1. The summed E-state index contributed by atoms with van der Waals surface area (Å²) in [6.07, 6.45) is 0.830. The maximum Gasteiger partial charge on any atom is 0.300 e. The second-order valence-corrected chi connectivity index (χ2v) is 11.0. The molecule has 0 spiro atoms. The van der Waals surface area contributed by atoms with Crippen LogP contribution in [-0.2, 0) is 24.3 Å². The first kappa shape index (κ1) is 26.3. The summed E-state index contributed by atoms with van der Waals surface area (Å²) in [5.74, 6) is 0. The Labute approximate surface area is 193 Å². The maximum absolute atomic E-state index is 13.4. The van der Waals surface area contributed by atoms with E-state index in [1.54, 1.807) is 0 Å². The number of non-ortho nitro benzene ring substituents is 1. The molecular formula is C15H22BrN5O9S2. The molecule has 1 fully saturated rings. The SMILES string of the molecule is CS(=O)(=O)OCCN(CCBr)c1c([N+](=O)[O-])cc([N+](=O)[O-])cc1S(=O)(=O)N1CCNCC1. The third kappa shape index (κ3) is 6.55. The van der Waals surface area contributed by atoms with Crippen LogP contribution in [0.4, 0.5) is 17.1 Å². The van der Waals surface area contributed by atoms with Crippen molar-refractivity contribution in [3.63, 3.8) is 0 Å². The summed E-state index contributed by atoms with van der Waals surface area (Å²) in [6, 6.07) is 1.48. The molecule has 32 heavy (non-hydrogen) atoms. The van der Waals surface area contributed by atoms with Gasteiger partial charge in [0.2, 0.25) is 10.0 Å². The highest BCUT2D eigenvalue weighted by Gasteiger charge is 2.37. The van der Waals surface area contributed by atoms with Crippen LogP contribution in [0.1, 0.15) is 0 Å². The van der Waals surface area contributed by atoms with Crippen LogP contribution in [0, 0.1) is 20.2 Å². The lowest BCUT2D eigenvalue weighted by Gasteiger charge is -2.30. The molecule has 0 aliphatic carbocycles. The summed E-state index contributed by atoms with van der Waals surface area (Å²) in [7, 11) is -8.17. The largest absolute Gasteiger partial charge is 0.362 e. The molecule has 1 N–H and O–H groups in total. The molecule has 1 aromatic carbocycles. The molecule has 1 aliphatic heterocycles. The summed E-state index contributed by atoms with van der Waals surface area (Å²) in [6.45, 7) is 0.254. The molecule has 1 heterocycles. The van der Waals surface area contributed by atoms with Crippen LogP contribution in [0.2, 0.25) is 0 Å². The summed E-state index contributed by atoms with van der Waals surface area (Å²) < 4.78 is 55.2. The number of nitrogens with zero attached hydrogens (tertiary/aromatic N) is 4. The lowest BCUT2D eigenvalue weighted by Crippen LogP contribution is -2.46. The van der Waals surface area contributed by atoms with Gasteiger partial charge in [-0.15, -0.1) is 0 Å². The average molecular weight is 560 g/mol. The molecule has 0 unspecified atom stereocenters. The average Bonchev–Trinajstić information content (AvgIpc) is 2.71. The number of rotatable bonds is 11. The molecule has 0 atom stereocenters. The Bertz CT molecular complexity index is 1080. The molecule has 2 rings (SSSR count). The summed E-state index contributed by atoms with van der Waals surface area (Å²) in [5.41, 5.74) is -1.90. The van der Waals surface area contributed by atoms with E-state index in [1.165, 1.54) is 4.90 Å². The summed E-state index contributed by atoms with van der Waals surface area (Å²) in [4.78, 5) is 22.0. The van der Waals surface area contributed by atoms with Crippen LogP contribution < -0.4 is 10.2 Å². The fourth-order valence-corrected chi connectivity index (χ4v) is 5.59. The minimum Gasteiger partial charge on any atom is -0.362 e. The topological polar surface area (TPSA) is 182 Å². The third-order valence-corrected chi connectivity index (χ3v) is 7.33. The van der Waals surface area contributed by atoms with Gasteiger partial charge in [-0.3, -0.25) is 24.4 Å². The van der Waals surface area contributed by atoms with Crippen molar-refractivity contribution in [2.75, 3.05) is 62.4 Å². The quantitative estimate of drug-likeness (QED) is 0.170.